The fourth-order valence-electron chi connectivity index (χ4n) is 2.47. The van der Waals surface area contributed by atoms with Crippen LogP contribution in [0.1, 0.15) is 24.1 Å². The van der Waals surface area contributed by atoms with Crippen molar-refractivity contribution in [2.75, 3.05) is 5.73 Å². The van der Waals surface area contributed by atoms with Crippen molar-refractivity contribution in [2.24, 2.45) is 0 Å². The number of benzene rings is 1. The summed E-state index contributed by atoms with van der Waals surface area (Å²) in [4.78, 5) is 4.55. The number of aryl methyl sites for hydroxylation is 1. The number of aromatic hydroxyl groups is 1. The summed E-state index contributed by atoms with van der Waals surface area (Å²) < 4.78 is 0. The molecule has 1 aromatic carbocycles. The number of nitrogens with zero attached hydrogens (tertiary/aromatic N) is 1. The number of phenols is 1. The number of pyridine rings is 1. The predicted molar refractivity (Wildman–Crippen MR) is 64.5 cm³/mol. The van der Waals surface area contributed by atoms with Gasteiger partial charge < -0.3 is 10.8 Å². The minimum absolute atomic E-state index is 0.220. The Morgan fingerprint density at radius 3 is 2.88 bits per heavy atom. The number of fused-ring (bicyclic) bond motifs is 2. The number of phenolic OH excluding ortho intramolecular Hbond substituents is 1. The van der Waals surface area contributed by atoms with E-state index in [1.165, 1.54) is 18.4 Å². The fraction of sp³-hybridized carbons (Fsp3) is 0.308. The molecule has 16 heavy (non-hydrogen) atoms. The zero-order chi connectivity index (χ0) is 11.1. The first-order chi connectivity index (χ1) is 7.77. The first-order valence-electron chi connectivity index (χ1n) is 5.66. The average Bonchev–Trinajstić information content (AvgIpc) is 2.31. The fourth-order valence-corrected chi connectivity index (χ4v) is 2.47. The Hall–Kier alpha value is -1.77. The summed E-state index contributed by atoms with van der Waals surface area (Å²) in [5.74, 6) is 0.220. The molecule has 0 saturated heterocycles. The van der Waals surface area contributed by atoms with Gasteiger partial charge >= 0.3 is 0 Å². The molecule has 82 valence electrons. The van der Waals surface area contributed by atoms with Gasteiger partial charge in [0.25, 0.3) is 0 Å². The molecule has 2 aromatic rings. The summed E-state index contributed by atoms with van der Waals surface area (Å²) in [6.07, 6.45) is 4.34. The first-order valence-corrected chi connectivity index (χ1v) is 5.66. The molecule has 0 saturated carbocycles. The number of aromatic nitrogens is 1. The average molecular weight is 214 g/mol. The van der Waals surface area contributed by atoms with E-state index in [-0.39, 0.29) is 5.75 Å². The second-order valence-electron chi connectivity index (χ2n) is 4.33. The lowest BCUT2D eigenvalue weighted by Crippen LogP contribution is -2.09. The molecule has 1 aliphatic carbocycles. The van der Waals surface area contributed by atoms with E-state index in [4.69, 9.17) is 5.73 Å². The maximum atomic E-state index is 9.78. The van der Waals surface area contributed by atoms with Gasteiger partial charge in [0.1, 0.15) is 11.3 Å². The van der Waals surface area contributed by atoms with Crippen LogP contribution in [0.4, 0.5) is 5.69 Å². The van der Waals surface area contributed by atoms with Crippen molar-refractivity contribution in [2.45, 2.75) is 25.7 Å². The van der Waals surface area contributed by atoms with Crippen LogP contribution in [0.2, 0.25) is 0 Å². The lowest BCUT2D eigenvalue weighted by Gasteiger charge is -2.18. The summed E-state index contributed by atoms with van der Waals surface area (Å²) in [7, 11) is 0. The quantitative estimate of drug-likeness (QED) is 0.708. The third-order valence-electron chi connectivity index (χ3n) is 3.32. The van der Waals surface area contributed by atoms with Crippen molar-refractivity contribution < 1.29 is 5.11 Å². The van der Waals surface area contributed by atoms with Gasteiger partial charge in [-0.2, -0.15) is 0 Å². The summed E-state index contributed by atoms with van der Waals surface area (Å²) in [6.45, 7) is 0. The molecule has 0 unspecified atom stereocenters. The molecule has 0 spiro atoms. The van der Waals surface area contributed by atoms with Crippen LogP contribution in [0.5, 0.6) is 5.75 Å². The lowest BCUT2D eigenvalue weighted by molar-refractivity contribution is 0.480. The predicted octanol–water partition coefficient (Wildman–Crippen LogP) is 2.40. The van der Waals surface area contributed by atoms with Crippen LogP contribution < -0.4 is 5.73 Å². The maximum Gasteiger partial charge on any atom is 0.141 e. The van der Waals surface area contributed by atoms with E-state index < -0.39 is 0 Å². The van der Waals surface area contributed by atoms with Gasteiger partial charge in [0, 0.05) is 16.8 Å². The van der Waals surface area contributed by atoms with Crippen LogP contribution >= 0.6 is 0 Å². The van der Waals surface area contributed by atoms with Gasteiger partial charge in [0.05, 0.1) is 0 Å². The largest absolute Gasteiger partial charge is 0.506 e. The highest BCUT2D eigenvalue weighted by atomic mass is 16.3. The summed E-state index contributed by atoms with van der Waals surface area (Å²) in [6, 6.07) is 5.39. The smallest absolute Gasteiger partial charge is 0.141 e. The highest BCUT2D eigenvalue weighted by molar-refractivity contribution is 5.95. The molecular formula is C13H14N2O. The molecule has 0 atom stereocenters. The molecule has 1 heterocycles. The molecule has 0 bridgehead atoms. The molecule has 0 aliphatic heterocycles. The van der Waals surface area contributed by atoms with E-state index in [1.807, 2.05) is 12.1 Å². The topological polar surface area (TPSA) is 59.1 Å². The Morgan fingerprint density at radius 1 is 1.19 bits per heavy atom. The molecule has 0 fully saturated rings. The van der Waals surface area contributed by atoms with Crippen LogP contribution in [0.3, 0.4) is 0 Å². The van der Waals surface area contributed by atoms with E-state index in [0.717, 1.165) is 29.6 Å². The van der Waals surface area contributed by atoms with Crippen LogP contribution in [0.15, 0.2) is 18.2 Å². The molecule has 0 amide bonds. The van der Waals surface area contributed by atoms with E-state index >= 15 is 0 Å². The van der Waals surface area contributed by atoms with Crippen LogP contribution in [-0.4, -0.2) is 10.1 Å². The maximum absolute atomic E-state index is 9.78. The zero-order valence-electron chi connectivity index (χ0n) is 9.03. The van der Waals surface area contributed by atoms with Crippen LogP contribution in [0, 0.1) is 0 Å². The molecule has 3 nitrogen and oxygen atoms in total. The Labute approximate surface area is 93.9 Å². The molecule has 1 aliphatic rings. The number of hydrogen-bond acceptors (Lipinski definition) is 3. The number of nitrogens with two attached hydrogens (primary N) is 1. The van der Waals surface area contributed by atoms with E-state index in [1.54, 1.807) is 6.07 Å². The second kappa shape index (κ2) is 3.37. The lowest BCUT2D eigenvalue weighted by atomic mass is 9.93. The molecule has 3 N–H and O–H groups in total. The van der Waals surface area contributed by atoms with Gasteiger partial charge in [-0.05, 0) is 37.3 Å². The van der Waals surface area contributed by atoms with Gasteiger partial charge in [-0.15, -0.1) is 0 Å². The number of nitrogen functional groups attached to an aromatic ring is 1. The van der Waals surface area contributed by atoms with E-state index in [2.05, 4.69) is 4.98 Å². The van der Waals surface area contributed by atoms with Gasteiger partial charge in [-0.1, -0.05) is 12.1 Å². The van der Waals surface area contributed by atoms with E-state index in [0.29, 0.717) is 5.52 Å². The monoisotopic (exact) mass is 214 g/mol. The Bertz CT molecular complexity index is 563. The van der Waals surface area contributed by atoms with Gasteiger partial charge in [0.15, 0.2) is 0 Å². The number of hydrogen-bond donors (Lipinski definition) is 2. The second-order valence-corrected chi connectivity index (χ2v) is 4.33. The van der Waals surface area contributed by atoms with Crippen molar-refractivity contribution in [3.63, 3.8) is 0 Å². The van der Waals surface area contributed by atoms with Crippen LogP contribution in [0.25, 0.3) is 10.9 Å². The standard InChI is InChI=1S/C13H14N2O/c14-12-8-4-1-2-6-10(8)15-13-9(12)5-3-7-11(13)16/h3,5,7,16H,1-2,4,6H2,(H2,14,15). The van der Waals surface area contributed by atoms with Crippen molar-refractivity contribution in [1.29, 1.82) is 0 Å². The number of anilines is 1. The molecule has 3 rings (SSSR count). The third kappa shape index (κ3) is 1.24. The van der Waals surface area contributed by atoms with Crippen molar-refractivity contribution in [3.8, 4) is 5.75 Å². The minimum Gasteiger partial charge on any atom is -0.506 e. The Kier molecular flexibility index (Phi) is 1.99. The Balaban J connectivity index is 2.39. The van der Waals surface area contributed by atoms with Crippen molar-refractivity contribution in [3.05, 3.63) is 29.5 Å². The third-order valence-corrected chi connectivity index (χ3v) is 3.32. The van der Waals surface area contributed by atoms with Crippen molar-refractivity contribution in [1.82, 2.24) is 4.98 Å². The molecule has 1 aromatic heterocycles. The van der Waals surface area contributed by atoms with Crippen LogP contribution in [-0.2, 0) is 12.8 Å². The molecular weight excluding hydrogens is 200 g/mol. The van der Waals surface area contributed by atoms with Gasteiger partial charge in [-0.25, -0.2) is 4.98 Å². The van der Waals surface area contributed by atoms with Gasteiger partial charge in [-0.3, -0.25) is 0 Å². The number of para-hydroxylation sites is 1. The SMILES string of the molecule is Nc1c2c(nc3c(O)cccc13)CCCC2. The highest BCUT2D eigenvalue weighted by Crippen LogP contribution is 2.34. The molecule has 3 heteroatoms. The first kappa shape index (κ1) is 9.46. The Morgan fingerprint density at radius 2 is 2.00 bits per heavy atom. The summed E-state index contributed by atoms with van der Waals surface area (Å²) in [5, 5.41) is 10.7. The normalized spacial score (nSPS) is 15.0. The van der Waals surface area contributed by atoms with Gasteiger partial charge in [0.2, 0.25) is 0 Å². The van der Waals surface area contributed by atoms with E-state index in [9.17, 15) is 5.11 Å². The van der Waals surface area contributed by atoms with Crippen molar-refractivity contribution >= 4 is 16.6 Å². The highest BCUT2D eigenvalue weighted by Gasteiger charge is 2.17. The zero-order valence-corrected chi connectivity index (χ0v) is 9.03. The number of rotatable bonds is 0. The summed E-state index contributed by atoms with van der Waals surface area (Å²) in [5.41, 5.74) is 9.85. The summed E-state index contributed by atoms with van der Waals surface area (Å²) >= 11 is 0. The minimum atomic E-state index is 0.220. The molecule has 0 radical (unpaired) electrons.